The average molecular weight is 511 g/mol. The third kappa shape index (κ3) is 6.13. The molecule has 2 aliphatic rings. The Kier molecular flexibility index (Phi) is 7.86. The van der Waals surface area contributed by atoms with Gasteiger partial charge in [-0.3, -0.25) is 9.59 Å². The van der Waals surface area contributed by atoms with Gasteiger partial charge in [0.05, 0.1) is 0 Å². The zero-order chi connectivity index (χ0) is 26.6. The number of nitrogens with one attached hydrogen (secondary N) is 1. The summed E-state index contributed by atoms with van der Waals surface area (Å²) in [4.78, 5) is 27.3. The minimum atomic E-state index is -4.71. The predicted molar refractivity (Wildman–Crippen MR) is 136 cm³/mol. The van der Waals surface area contributed by atoms with Crippen LogP contribution in [0.4, 0.5) is 13.2 Å². The largest absolute Gasteiger partial charge is 0.573 e. The number of hydrogen-bond donors (Lipinski definition) is 1. The third-order valence-corrected chi connectivity index (χ3v) is 6.77. The van der Waals surface area contributed by atoms with Crippen molar-refractivity contribution in [3.63, 3.8) is 0 Å². The minimum Gasteiger partial charge on any atom is -0.406 e. The number of allylic oxidation sites excluding steroid dienone is 5. The van der Waals surface area contributed by atoms with Gasteiger partial charge in [0.25, 0.3) is 5.91 Å². The number of halogens is 3. The maximum atomic E-state index is 13.2. The lowest BCUT2D eigenvalue weighted by Gasteiger charge is -2.26. The smallest absolute Gasteiger partial charge is 0.406 e. The SMILES string of the molecule is C=CCCC(C(=O)NC)N1Cc2c(CCC3=CC=C(c4ccc(OC(F)(F)F)cc4)C3)cccc2C1=O. The molecule has 1 atom stereocenters. The van der Waals surface area contributed by atoms with E-state index in [0.29, 0.717) is 31.4 Å². The standard InChI is InChI=1S/C29H29F3N2O3/c1-3-4-8-26(27(35)33-2)34-18-25-21(6-5-7-24(25)28(34)36)11-9-19-10-12-22(17-19)20-13-15-23(16-14-20)37-29(30,31)32/h3,5-7,10,12-16,26H,1,4,8-9,11,17-18H2,2H3,(H,33,35). The molecule has 5 nitrogen and oxygen atoms in total. The number of carbonyl (C=O) groups is 2. The molecule has 0 aromatic heterocycles. The fourth-order valence-electron chi connectivity index (χ4n) is 4.89. The molecule has 1 aliphatic heterocycles. The van der Waals surface area contributed by atoms with Crippen molar-refractivity contribution in [3.05, 3.63) is 95.1 Å². The van der Waals surface area contributed by atoms with E-state index in [0.717, 1.165) is 35.1 Å². The number of fused-ring (bicyclic) bond motifs is 1. The van der Waals surface area contributed by atoms with Crippen molar-refractivity contribution in [2.24, 2.45) is 0 Å². The van der Waals surface area contributed by atoms with Gasteiger partial charge in [0.1, 0.15) is 11.8 Å². The Hall–Kier alpha value is -3.81. The Morgan fingerprint density at radius 3 is 2.59 bits per heavy atom. The van der Waals surface area contributed by atoms with E-state index in [1.54, 1.807) is 30.2 Å². The summed E-state index contributed by atoms with van der Waals surface area (Å²) in [7, 11) is 1.57. The van der Waals surface area contributed by atoms with E-state index in [1.807, 2.05) is 30.4 Å². The number of amides is 2. The highest BCUT2D eigenvalue weighted by Crippen LogP contribution is 2.34. The number of likely N-dealkylation sites (N-methyl/N-ethyl adjacent to an activating group) is 1. The highest BCUT2D eigenvalue weighted by Gasteiger charge is 2.36. The second kappa shape index (κ2) is 11.1. The fraction of sp³-hybridized carbons (Fsp3) is 0.310. The number of hydrogen-bond acceptors (Lipinski definition) is 3. The molecule has 0 saturated heterocycles. The first kappa shape index (κ1) is 26.3. The maximum Gasteiger partial charge on any atom is 0.573 e. The first-order valence-electron chi connectivity index (χ1n) is 12.2. The lowest BCUT2D eigenvalue weighted by atomic mass is 9.95. The van der Waals surface area contributed by atoms with Crippen molar-refractivity contribution in [1.29, 1.82) is 0 Å². The van der Waals surface area contributed by atoms with E-state index in [4.69, 9.17) is 0 Å². The molecule has 4 rings (SSSR count). The molecule has 194 valence electrons. The topological polar surface area (TPSA) is 58.6 Å². The summed E-state index contributed by atoms with van der Waals surface area (Å²) in [6.07, 6.45) is 4.46. The van der Waals surface area contributed by atoms with Gasteiger partial charge in [0.2, 0.25) is 5.91 Å². The molecule has 0 bridgehead atoms. The Labute approximate surface area is 214 Å². The van der Waals surface area contributed by atoms with Gasteiger partial charge in [0.15, 0.2) is 0 Å². The van der Waals surface area contributed by atoms with Crippen LogP contribution in [0.25, 0.3) is 5.57 Å². The van der Waals surface area contributed by atoms with E-state index in [1.165, 1.54) is 17.7 Å². The molecule has 0 saturated carbocycles. The van der Waals surface area contributed by atoms with Gasteiger partial charge in [-0.15, -0.1) is 19.8 Å². The second-order valence-electron chi connectivity index (χ2n) is 9.14. The molecule has 0 spiro atoms. The number of benzene rings is 2. The zero-order valence-electron chi connectivity index (χ0n) is 20.6. The maximum absolute atomic E-state index is 13.2. The first-order valence-corrected chi connectivity index (χ1v) is 12.2. The van der Waals surface area contributed by atoms with Crippen LogP contribution >= 0.6 is 0 Å². The molecule has 1 aliphatic carbocycles. The van der Waals surface area contributed by atoms with Crippen molar-refractivity contribution in [3.8, 4) is 5.75 Å². The van der Waals surface area contributed by atoms with Crippen molar-refractivity contribution >= 4 is 17.4 Å². The van der Waals surface area contributed by atoms with Crippen molar-refractivity contribution in [2.45, 2.75) is 51.1 Å². The van der Waals surface area contributed by atoms with E-state index in [9.17, 15) is 22.8 Å². The van der Waals surface area contributed by atoms with Gasteiger partial charge in [-0.05, 0) is 72.6 Å². The third-order valence-electron chi connectivity index (χ3n) is 6.77. The Bertz CT molecular complexity index is 1250. The average Bonchev–Trinajstić information content (AvgIpc) is 3.47. The molecule has 2 amide bonds. The van der Waals surface area contributed by atoms with Crippen LogP contribution in [0, 0.1) is 0 Å². The minimum absolute atomic E-state index is 0.128. The van der Waals surface area contributed by atoms with Crippen molar-refractivity contribution < 1.29 is 27.5 Å². The van der Waals surface area contributed by atoms with Crippen LogP contribution in [-0.4, -0.2) is 36.2 Å². The number of nitrogens with zero attached hydrogens (tertiary/aromatic N) is 1. The number of alkyl halides is 3. The van der Waals surface area contributed by atoms with Gasteiger partial charge in [-0.2, -0.15) is 0 Å². The normalized spacial score (nSPS) is 15.7. The molecule has 0 fully saturated rings. The molecule has 1 N–H and O–H groups in total. The fourth-order valence-corrected chi connectivity index (χ4v) is 4.89. The summed E-state index contributed by atoms with van der Waals surface area (Å²) in [5.74, 6) is -0.554. The number of ether oxygens (including phenoxy) is 1. The van der Waals surface area contributed by atoms with E-state index < -0.39 is 12.4 Å². The summed E-state index contributed by atoms with van der Waals surface area (Å²) in [5, 5.41) is 2.67. The summed E-state index contributed by atoms with van der Waals surface area (Å²) in [6.45, 7) is 4.13. The molecular weight excluding hydrogens is 481 g/mol. The van der Waals surface area contributed by atoms with Gasteiger partial charge >= 0.3 is 6.36 Å². The summed E-state index contributed by atoms with van der Waals surface area (Å²) in [6, 6.07) is 11.1. The van der Waals surface area contributed by atoms with E-state index in [-0.39, 0.29) is 17.6 Å². The molecule has 37 heavy (non-hydrogen) atoms. The summed E-state index contributed by atoms with van der Waals surface area (Å²) >= 11 is 0. The highest BCUT2D eigenvalue weighted by molar-refractivity contribution is 6.01. The molecular formula is C29H29F3N2O3. The van der Waals surface area contributed by atoms with E-state index in [2.05, 4.69) is 16.6 Å². The lowest BCUT2D eigenvalue weighted by molar-refractivity contribution is -0.274. The van der Waals surface area contributed by atoms with Crippen LogP contribution in [0.2, 0.25) is 0 Å². The van der Waals surface area contributed by atoms with Crippen LogP contribution < -0.4 is 10.1 Å². The summed E-state index contributed by atoms with van der Waals surface area (Å²) in [5.41, 5.74) is 5.78. The first-order chi connectivity index (χ1) is 17.7. The Morgan fingerprint density at radius 2 is 1.92 bits per heavy atom. The highest BCUT2D eigenvalue weighted by atomic mass is 19.4. The molecule has 2 aromatic rings. The van der Waals surface area contributed by atoms with Crippen LogP contribution in [0.1, 0.15) is 52.7 Å². The van der Waals surface area contributed by atoms with Crippen LogP contribution in [0.15, 0.2) is 72.8 Å². The monoisotopic (exact) mass is 510 g/mol. The molecule has 1 unspecified atom stereocenters. The number of carbonyl (C=O) groups excluding carboxylic acids is 2. The Balaban J connectivity index is 1.39. The van der Waals surface area contributed by atoms with Crippen LogP contribution in [0.3, 0.4) is 0 Å². The van der Waals surface area contributed by atoms with E-state index >= 15 is 0 Å². The van der Waals surface area contributed by atoms with Crippen molar-refractivity contribution in [2.75, 3.05) is 7.05 Å². The van der Waals surface area contributed by atoms with Crippen molar-refractivity contribution in [1.82, 2.24) is 10.2 Å². The second-order valence-corrected chi connectivity index (χ2v) is 9.14. The van der Waals surface area contributed by atoms with Gasteiger partial charge in [-0.1, -0.05) is 48.1 Å². The predicted octanol–water partition coefficient (Wildman–Crippen LogP) is 5.97. The number of rotatable bonds is 10. The molecule has 2 aromatic carbocycles. The molecule has 0 radical (unpaired) electrons. The van der Waals surface area contributed by atoms with Gasteiger partial charge < -0.3 is 15.0 Å². The quantitative estimate of drug-likeness (QED) is 0.401. The van der Waals surface area contributed by atoms with Gasteiger partial charge in [0, 0.05) is 19.2 Å². The summed E-state index contributed by atoms with van der Waals surface area (Å²) < 4.78 is 41.1. The number of aryl methyl sites for hydroxylation is 1. The molecule has 1 heterocycles. The zero-order valence-corrected chi connectivity index (χ0v) is 20.6. The van der Waals surface area contributed by atoms with Crippen LogP contribution in [-0.2, 0) is 17.8 Å². The van der Waals surface area contributed by atoms with Crippen LogP contribution in [0.5, 0.6) is 5.75 Å². The molecule has 8 heteroatoms. The van der Waals surface area contributed by atoms with Gasteiger partial charge in [-0.25, -0.2) is 0 Å². The lowest BCUT2D eigenvalue weighted by Crippen LogP contribution is -2.46. The Morgan fingerprint density at radius 1 is 1.16 bits per heavy atom.